The Morgan fingerprint density at radius 3 is 2.76 bits per heavy atom. The molecular weight excluding hydrogens is 314 g/mol. The van der Waals surface area contributed by atoms with Gasteiger partial charge in [0, 0.05) is 18.5 Å². The van der Waals surface area contributed by atoms with Crippen molar-refractivity contribution < 1.29 is 19.3 Å². The molecule has 0 unspecified atom stereocenters. The predicted octanol–water partition coefficient (Wildman–Crippen LogP) is -0.789. The first-order chi connectivity index (χ1) is 12.2. The summed E-state index contributed by atoms with van der Waals surface area (Å²) in [6.45, 7) is 10.0. The third-order valence-corrected chi connectivity index (χ3v) is 5.39. The van der Waals surface area contributed by atoms with Crippen molar-refractivity contribution in [2.45, 2.75) is 39.2 Å². The molecule has 1 aromatic carbocycles. The summed E-state index contributed by atoms with van der Waals surface area (Å²) in [6.07, 6.45) is 4.54. The lowest BCUT2D eigenvalue weighted by Gasteiger charge is -2.29. The highest BCUT2D eigenvalue weighted by molar-refractivity contribution is 5.76. The highest BCUT2D eigenvalue weighted by atomic mass is 16.5. The van der Waals surface area contributed by atoms with Crippen LogP contribution < -0.4 is 19.9 Å². The molecule has 1 amide bonds. The standard InChI is InChI=1S/C20H31N3O2/c1-2-3-4-8-21-20(24)16-23-11-9-22(10-12-23)15-17-5-6-19-18(14-17)7-13-25-19/h5-6,14H,2-4,7-13,15-16H2,1H3,(H,21,24)/p+2. The molecule has 2 heterocycles. The van der Waals surface area contributed by atoms with Gasteiger partial charge in [0.15, 0.2) is 6.54 Å². The van der Waals surface area contributed by atoms with Gasteiger partial charge in [0.05, 0.1) is 6.61 Å². The third-order valence-electron chi connectivity index (χ3n) is 5.39. The van der Waals surface area contributed by atoms with Gasteiger partial charge in [-0.15, -0.1) is 0 Å². The van der Waals surface area contributed by atoms with Gasteiger partial charge in [-0.2, -0.15) is 0 Å². The molecule has 1 aromatic rings. The maximum absolute atomic E-state index is 12.0. The molecule has 2 aliphatic heterocycles. The number of amides is 1. The van der Waals surface area contributed by atoms with Crippen LogP contribution in [0.1, 0.15) is 37.3 Å². The van der Waals surface area contributed by atoms with E-state index in [1.54, 1.807) is 4.90 Å². The largest absolute Gasteiger partial charge is 0.493 e. The van der Waals surface area contributed by atoms with E-state index in [0.29, 0.717) is 6.54 Å². The van der Waals surface area contributed by atoms with Crippen molar-refractivity contribution in [2.75, 3.05) is 45.9 Å². The van der Waals surface area contributed by atoms with Gasteiger partial charge in [-0.3, -0.25) is 4.79 Å². The minimum atomic E-state index is 0.216. The molecule has 3 N–H and O–H groups in total. The van der Waals surface area contributed by atoms with Crippen molar-refractivity contribution in [1.82, 2.24) is 5.32 Å². The third kappa shape index (κ3) is 5.44. The number of carbonyl (C=O) groups is 1. The van der Waals surface area contributed by atoms with E-state index in [1.807, 2.05) is 0 Å². The number of ether oxygens (including phenoxy) is 1. The molecule has 5 heteroatoms. The number of nitrogens with one attached hydrogen (secondary N) is 3. The second kappa shape index (κ2) is 9.20. The van der Waals surface area contributed by atoms with Crippen LogP contribution in [0.4, 0.5) is 0 Å². The van der Waals surface area contributed by atoms with Crippen LogP contribution in [-0.2, 0) is 17.8 Å². The summed E-state index contributed by atoms with van der Waals surface area (Å²) in [5.41, 5.74) is 2.78. The number of benzene rings is 1. The molecular formula is C20H33N3O2+2. The van der Waals surface area contributed by atoms with Gasteiger partial charge in [-0.05, 0) is 30.2 Å². The first-order valence-electron chi connectivity index (χ1n) is 9.93. The van der Waals surface area contributed by atoms with Gasteiger partial charge in [0.25, 0.3) is 5.91 Å². The Morgan fingerprint density at radius 1 is 1.16 bits per heavy atom. The highest BCUT2D eigenvalue weighted by Crippen LogP contribution is 2.25. The van der Waals surface area contributed by atoms with E-state index < -0.39 is 0 Å². The number of hydrogen-bond donors (Lipinski definition) is 3. The van der Waals surface area contributed by atoms with Crippen LogP contribution >= 0.6 is 0 Å². The maximum atomic E-state index is 12.0. The molecule has 0 aromatic heterocycles. The summed E-state index contributed by atoms with van der Waals surface area (Å²) in [7, 11) is 0. The van der Waals surface area contributed by atoms with Crippen molar-refractivity contribution in [1.29, 1.82) is 0 Å². The van der Waals surface area contributed by atoms with E-state index in [1.165, 1.54) is 28.9 Å². The predicted molar refractivity (Wildman–Crippen MR) is 98.1 cm³/mol. The summed E-state index contributed by atoms with van der Waals surface area (Å²) < 4.78 is 5.59. The molecule has 25 heavy (non-hydrogen) atoms. The van der Waals surface area contributed by atoms with Crippen LogP contribution in [0.2, 0.25) is 0 Å². The number of carbonyl (C=O) groups excluding carboxylic acids is 1. The molecule has 138 valence electrons. The summed E-state index contributed by atoms with van der Waals surface area (Å²) in [5.74, 6) is 1.28. The Balaban J connectivity index is 1.36. The molecule has 3 rings (SSSR count). The van der Waals surface area contributed by atoms with Gasteiger partial charge in [-0.25, -0.2) is 0 Å². The Morgan fingerprint density at radius 2 is 1.96 bits per heavy atom. The lowest BCUT2D eigenvalue weighted by Crippen LogP contribution is -3.28. The summed E-state index contributed by atoms with van der Waals surface area (Å²) >= 11 is 0. The zero-order valence-electron chi connectivity index (χ0n) is 15.5. The van der Waals surface area contributed by atoms with Gasteiger partial charge >= 0.3 is 0 Å². The zero-order chi connectivity index (χ0) is 17.5. The van der Waals surface area contributed by atoms with Crippen LogP contribution in [0, 0.1) is 0 Å². The van der Waals surface area contributed by atoms with E-state index in [0.717, 1.165) is 64.5 Å². The van der Waals surface area contributed by atoms with E-state index in [9.17, 15) is 4.79 Å². The molecule has 0 saturated carbocycles. The van der Waals surface area contributed by atoms with Gasteiger partial charge in [0.1, 0.15) is 38.5 Å². The molecule has 1 fully saturated rings. The zero-order valence-corrected chi connectivity index (χ0v) is 15.5. The van der Waals surface area contributed by atoms with Crippen LogP contribution in [0.25, 0.3) is 0 Å². The topological polar surface area (TPSA) is 47.2 Å². The molecule has 0 atom stereocenters. The molecule has 0 spiro atoms. The molecule has 0 bridgehead atoms. The Hall–Kier alpha value is -1.59. The minimum absolute atomic E-state index is 0.216. The SMILES string of the molecule is CCCCCNC(=O)C[NH+]1CC[NH+](Cc2ccc3c(c2)CCO3)CC1. The van der Waals surface area contributed by atoms with E-state index in [-0.39, 0.29) is 5.91 Å². The quantitative estimate of drug-likeness (QED) is 0.540. The Bertz CT molecular complexity index is 568. The van der Waals surface area contributed by atoms with Crippen molar-refractivity contribution >= 4 is 5.91 Å². The fourth-order valence-electron chi connectivity index (χ4n) is 3.84. The smallest absolute Gasteiger partial charge is 0.275 e. The Labute approximate surface area is 151 Å². The molecule has 2 aliphatic rings. The van der Waals surface area contributed by atoms with Crippen molar-refractivity contribution in [3.8, 4) is 5.75 Å². The highest BCUT2D eigenvalue weighted by Gasteiger charge is 2.25. The van der Waals surface area contributed by atoms with Crippen molar-refractivity contribution in [2.24, 2.45) is 0 Å². The molecule has 0 aliphatic carbocycles. The number of piperazine rings is 1. The van der Waals surface area contributed by atoms with Gasteiger partial charge < -0.3 is 19.9 Å². The monoisotopic (exact) mass is 347 g/mol. The fraction of sp³-hybridized carbons (Fsp3) is 0.650. The van der Waals surface area contributed by atoms with E-state index in [2.05, 4.69) is 30.4 Å². The number of rotatable bonds is 8. The van der Waals surface area contributed by atoms with Crippen molar-refractivity contribution in [3.63, 3.8) is 0 Å². The van der Waals surface area contributed by atoms with Crippen LogP contribution in [-0.4, -0.2) is 51.8 Å². The number of unbranched alkanes of at least 4 members (excludes halogenated alkanes) is 2. The van der Waals surface area contributed by atoms with Crippen LogP contribution in [0.15, 0.2) is 18.2 Å². The summed E-state index contributed by atoms with van der Waals surface area (Å²) in [4.78, 5) is 15.1. The van der Waals surface area contributed by atoms with Gasteiger partial charge in [-0.1, -0.05) is 19.8 Å². The van der Waals surface area contributed by atoms with Gasteiger partial charge in [0.2, 0.25) is 0 Å². The van der Waals surface area contributed by atoms with E-state index >= 15 is 0 Å². The minimum Gasteiger partial charge on any atom is -0.493 e. The fourth-order valence-corrected chi connectivity index (χ4v) is 3.84. The van der Waals surface area contributed by atoms with Crippen LogP contribution in [0.3, 0.4) is 0 Å². The lowest BCUT2D eigenvalue weighted by molar-refractivity contribution is -1.02. The average molecular weight is 348 g/mol. The number of fused-ring (bicyclic) bond motifs is 1. The summed E-state index contributed by atoms with van der Waals surface area (Å²) in [5, 5.41) is 3.06. The van der Waals surface area contributed by atoms with Crippen molar-refractivity contribution in [3.05, 3.63) is 29.3 Å². The van der Waals surface area contributed by atoms with Crippen LogP contribution in [0.5, 0.6) is 5.75 Å². The van der Waals surface area contributed by atoms with E-state index in [4.69, 9.17) is 4.74 Å². The molecule has 0 radical (unpaired) electrons. The normalized spacial score (nSPS) is 22.3. The number of hydrogen-bond acceptors (Lipinski definition) is 2. The molecule has 1 saturated heterocycles. The summed E-state index contributed by atoms with van der Waals surface area (Å²) in [6, 6.07) is 6.65. The number of quaternary nitrogens is 2. The molecule has 5 nitrogen and oxygen atoms in total. The Kier molecular flexibility index (Phi) is 6.70. The maximum Gasteiger partial charge on any atom is 0.275 e. The first-order valence-corrected chi connectivity index (χ1v) is 9.93. The second-order valence-corrected chi connectivity index (χ2v) is 7.45. The lowest BCUT2D eigenvalue weighted by atomic mass is 10.1. The first kappa shape index (κ1) is 18.2. The second-order valence-electron chi connectivity index (χ2n) is 7.45. The average Bonchev–Trinajstić information content (AvgIpc) is 3.08.